The molecule has 0 saturated heterocycles. The number of guanidine groups is 1. The van der Waals surface area contributed by atoms with Crippen LogP contribution in [0.15, 0.2) is 4.99 Å². The molecule has 0 aromatic rings. The van der Waals surface area contributed by atoms with E-state index in [9.17, 15) is 8.42 Å². The van der Waals surface area contributed by atoms with Gasteiger partial charge < -0.3 is 10.6 Å². The number of hydrogen-bond acceptors (Lipinski definition) is 3. The van der Waals surface area contributed by atoms with Gasteiger partial charge in [0.15, 0.2) is 15.8 Å². The molecule has 0 spiro atoms. The molecular formula is C17H38IN3O2S. The molecule has 5 nitrogen and oxygen atoms in total. The third-order valence-electron chi connectivity index (χ3n) is 3.99. The fourth-order valence-corrected chi connectivity index (χ4v) is 3.07. The first-order valence-corrected chi connectivity index (χ1v) is 10.6. The normalized spacial score (nSPS) is 14.0. The van der Waals surface area contributed by atoms with Gasteiger partial charge in [-0.2, -0.15) is 0 Å². The molecule has 146 valence electrons. The lowest BCUT2D eigenvalue weighted by molar-refractivity contribution is 0.461. The van der Waals surface area contributed by atoms with Gasteiger partial charge in [0.2, 0.25) is 0 Å². The highest BCUT2D eigenvalue weighted by atomic mass is 127. The van der Waals surface area contributed by atoms with Crippen molar-refractivity contribution in [1.29, 1.82) is 0 Å². The summed E-state index contributed by atoms with van der Waals surface area (Å²) in [6, 6.07) is 0. The molecule has 0 amide bonds. The summed E-state index contributed by atoms with van der Waals surface area (Å²) in [5.74, 6) is 1.43. The third-order valence-corrected chi connectivity index (χ3v) is 6.60. The van der Waals surface area contributed by atoms with E-state index in [4.69, 9.17) is 0 Å². The van der Waals surface area contributed by atoms with E-state index in [2.05, 4.69) is 29.5 Å². The fraction of sp³-hybridized carbons (Fsp3) is 0.941. The highest BCUT2D eigenvalue weighted by molar-refractivity contribution is 14.0. The number of nitrogens with zero attached hydrogens (tertiary/aromatic N) is 1. The summed E-state index contributed by atoms with van der Waals surface area (Å²) in [6.45, 7) is 13.6. The minimum atomic E-state index is -3.10. The van der Waals surface area contributed by atoms with E-state index in [0.29, 0.717) is 18.4 Å². The van der Waals surface area contributed by atoms with Gasteiger partial charge in [-0.05, 0) is 40.0 Å². The zero-order valence-corrected chi connectivity index (χ0v) is 19.5. The van der Waals surface area contributed by atoms with Gasteiger partial charge in [0, 0.05) is 19.6 Å². The van der Waals surface area contributed by atoms with Crippen LogP contribution in [0.25, 0.3) is 0 Å². The summed E-state index contributed by atoms with van der Waals surface area (Å²) >= 11 is 0. The Balaban J connectivity index is 0. The van der Waals surface area contributed by atoms with Crippen molar-refractivity contribution in [3.63, 3.8) is 0 Å². The largest absolute Gasteiger partial charge is 0.357 e. The van der Waals surface area contributed by atoms with Crippen LogP contribution in [-0.4, -0.2) is 44.5 Å². The molecule has 2 N–H and O–H groups in total. The van der Waals surface area contributed by atoms with Crippen LogP contribution in [0.1, 0.15) is 67.2 Å². The number of sulfone groups is 1. The molecule has 7 heteroatoms. The van der Waals surface area contributed by atoms with E-state index in [0.717, 1.165) is 19.5 Å². The maximum atomic E-state index is 12.1. The lowest BCUT2D eigenvalue weighted by Gasteiger charge is -2.20. The Labute approximate surface area is 166 Å². The molecule has 1 atom stereocenters. The Morgan fingerprint density at radius 2 is 1.75 bits per heavy atom. The summed E-state index contributed by atoms with van der Waals surface area (Å²) in [7, 11) is -3.10. The van der Waals surface area contributed by atoms with Gasteiger partial charge in [-0.25, -0.2) is 8.42 Å². The van der Waals surface area contributed by atoms with Crippen LogP contribution in [-0.2, 0) is 9.84 Å². The standard InChI is InChI=1S/C17H37N3O2S.HI/c1-7-10-11-15(8-2)14-20-16(18-9-3)19-12-13-23(21,22)17(4,5)6;/h15H,7-14H2,1-6H3,(H2,18,19,20);1H. The summed E-state index contributed by atoms with van der Waals surface area (Å²) in [5, 5.41) is 6.33. The Morgan fingerprint density at radius 3 is 2.21 bits per heavy atom. The van der Waals surface area contributed by atoms with Crippen LogP contribution in [0.3, 0.4) is 0 Å². The SMILES string of the molecule is CCCCC(CC)CN=C(NCC)NCCS(=O)(=O)C(C)(C)C.I. The number of nitrogens with one attached hydrogen (secondary N) is 2. The van der Waals surface area contributed by atoms with Gasteiger partial charge >= 0.3 is 0 Å². The molecule has 0 aliphatic carbocycles. The molecule has 0 heterocycles. The van der Waals surface area contributed by atoms with Crippen molar-refractivity contribution in [2.45, 2.75) is 72.0 Å². The number of halogens is 1. The molecule has 0 bridgehead atoms. The molecule has 0 radical (unpaired) electrons. The number of unbranched alkanes of at least 4 members (excludes halogenated alkanes) is 1. The first-order chi connectivity index (χ1) is 10.7. The van der Waals surface area contributed by atoms with E-state index in [1.54, 1.807) is 20.8 Å². The van der Waals surface area contributed by atoms with E-state index < -0.39 is 14.6 Å². The van der Waals surface area contributed by atoms with E-state index >= 15 is 0 Å². The van der Waals surface area contributed by atoms with Gasteiger partial charge in [-0.1, -0.05) is 33.1 Å². The molecule has 0 aliphatic rings. The minimum Gasteiger partial charge on any atom is -0.357 e. The zero-order valence-electron chi connectivity index (χ0n) is 16.3. The Kier molecular flexibility index (Phi) is 14.4. The topological polar surface area (TPSA) is 70.6 Å². The van der Waals surface area contributed by atoms with Crippen LogP contribution < -0.4 is 10.6 Å². The number of hydrogen-bond donors (Lipinski definition) is 2. The van der Waals surface area contributed by atoms with Crippen LogP contribution >= 0.6 is 24.0 Å². The summed E-state index contributed by atoms with van der Waals surface area (Å²) < 4.78 is 23.5. The predicted octanol–water partition coefficient (Wildman–Crippen LogP) is 3.59. The van der Waals surface area contributed by atoms with Gasteiger partial charge in [0.05, 0.1) is 10.5 Å². The van der Waals surface area contributed by atoms with Crippen molar-refractivity contribution in [2.24, 2.45) is 10.9 Å². The minimum absolute atomic E-state index is 0. The molecule has 0 aliphatic heterocycles. The average Bonchev–Trinajstić information content (AvgIpc) is 2.46. The number of aliphatic imine (C=N–C) groups is 1. The zero-order chi connectivity index (χ0) is 17.9. The molecule has 0 aromatic carbocycles. The molecule has 0 rings (SSSR count). The molecule has 1 unspecified atom stereocenters. The van der Waals surface area contributed by atoms with Crippen molar-refractivity contribution in [1.82, 2.24) is 10.6 Å². The first kappa shape index (κ1) is 26.2. The van der Waals surface area contributed by atoms with Crippen molar-refractivity contribution >= 4 is 39.8 Å². The third kappa shape index (κ3) is 10.7. The predicted molar refractivity (Wildman–Crippen MR) is 116 cm³/mol. The van der Waals surface area contributed by atoms with E-state index in [1.165, 1.54) is 19.3 Å². The Bertz CT molecular complexity index is 445. The highest BCUT2D eigenvalue weighted by Gasteiger charge is 2.28. The van der Waals surface area contributed by atoms with Crippen LogP contribution in [0.5, 0.6) is 0 Å². The van der Waals surface area contributed by atoms with Crippen molar-refractivity contribution in [3.05, 3.63) is 0 Å². The maximum Gasteiger partial charge on any atom is 0.191 e. The summed E-state index contributed by atoms with van der Waals surface area (Å²) in [6.07, 6.45) is 4.78. The second kappa shape index (κ2) is 13.2. The van der Waals surface area contributed by atoms with Gasteiger partial charge in [-0.3, -0.25) is 4.99 Å². The monoisotopic (exact) mass is 475 g/mol. The fourth-order valence-electron chi connectivity index (χ4n) is 2.09. The average molecular weight is 475 g/mol. The summed E-state index contributed by atoms with van der Waals surface area (Å²) in [4.78, 5) is 4.62. The smallest absolute Gasteiger partial charge is 0.191 e. The molecule has 0 aromatic heterocycles. The lowest BCUT2D eigenvalue weighted by atomic mass is 10.00. The number of rotatable bonds is 10. The Morgan fingerprint density at radius 1 is 1.12 bits per heavy atom. The maximum absolute atomic E-state index is 12.1. The van der Waals surface area contributed by atoms with E-state index in [-0.39, 0.29) is 29.7 Å². The van der Waals surface area contributed by atoms with Crippen LogP contribution in [0.2, 0.25) is 0 Å². The van der Waals surface area contributed by atoms with E-state index in [1.807, 2.05) is 6.92 Å². The highest BCUT2D eigenvalue weighted by Crippen LogP contribution is 2.15. The van der Waals surface area contributed by atoms with Crippen molar-refractivity contribution in [2.75, 3.05) is 25.4 Å². The lowest BCUT2D eigenvalue weighted by Crippen LogP contribution is -2.42. The Hall–Kier alpha value is -0.0500. The first-order valence-electron chi connectivity index (χ1n) is 8.92. The van der Waals surface area contributed by atoms with Gasteiger partial charge in [0.1, 0.15) is 0 Å². The summed E-state index contributed by atoms with van der Waals surface area (Å²) in [5.41, 5.74) is 0. The molecular weight excluding hydrogens is 437 g/mol. The van der Waals surface area contributed by atoms with Crippen molar-refractivity contribution in [3.8, 4) is 0 Å². The van der Waals surface area contributed by atoms with Crippen molar-refractivity contribution < 1.29 is 8.42 Å². The van der Waals surface area contributed by atoms with Crippen LogP contribution in [0.4, 0.5) is 0 Å². The second-order valence-electron chi connectivity index (χ2n) is 6.99. The molecule has 24 heavy (non-hydrogen) atoms. The van der Waals surface area contributed by atoms with Crippen LogP contribution in [0, 0.1) is 5.92 Å². The van der Waals surface area contributed by atoms with Gasteiger partial charge in [-0.15, -0.1) is 24.0 Å². The molecule has 0 fully saturated rings. The quantitative estimate of drug-likeness (QED) is 0.288. The molecule has 0 saturated carbocycles. The van der Waals surface area contributed by atoms with Gasteiger partial charge in [0.25, 0.3) is 0 Å². The second-order valence-corrected chi connectivity index (χ2v) is 9.86.